The Morgan fingerprint density at radius 1 is 1.27 bits per heavy atom. The van der Waals surface area contributed by atoms with E-state index in [1.807, 2.05) is 36.4 Å². The van der Waals surface area contributed by atoms with Gasteiger partial charge in [0, 0.05) is 35.5 Å². The minimum atomic E-state index is -0.506. The van der Waals surface area contributed by atoms with Gasteiger partial charge in [-0.05, 0) is 13.0 Å². The number of anilines is 1. The van der Waals surface area contributed by atoms with E-state index >= 15 is 0 Å². The molecule has 0 saturated carbocycles. The van der Waals surface area contributed by atoms with Crippen molar-refractivity contribution in [3.8, 4) is 17.3 Å². The van der Waals surface area contributed by atoms with Crippen molar-refractivity contribution < 1.29 is 4.92 Å². The number of nitro groups is 1. The van der Waals surface area contributed by atoms with Crippen LogP contribution >= 0.6 is 11.3 Å². The van der Waals surface area contributed by atoms with E-state index in [0.717, 1.165) is 16.3 Å². The number of hydrogen-bond donors (Lipinski definition) is 1. The Morgan fingerprint density at radius 3 is 2.73 bits per heavy atom. The van der Waals surface area contributed by atoms with Crippen molar-refractivity contribution in [2.75, 3.05) is 11.9 Å². The highest BCUT2D eigenvalue weighted by atomic mass is 32.1. The molecule has 26 heavy (non-hydrogen) atoms. The van der Waals surface area contributed by atoms with Crippen LogP contribution in [0.25, 0.3) is 11.3 Å². The fraction of sp³-hybridized carbons (Fsp3) is 0.158. The molecule has 3 aromatic rings. The second-order valence-electron chi connectivity index (χ2n) is 5.65. The Hall–Kier alpha value is -3.24. The van der Waals surface area contributed by atoms with Gasteiger partial charge < -0.3 is 5.32 Å². The predicted octanol–water partition coefficient (Wildman–Crippen LogP) is 4.55. The first kappa shape index (κ1) is 17.6. The molecular weight excluding hydrogens is 348 g/mol. The summed E-state index contributed by atoms with van der Waals surface area (Å²) in [5.74, 6) is 0. The average molecular weight is 364 g/mol. The van der Waals surface area contributed by atoms with E-state index in [2.05, 4.69) is 12.2 Å². The van der Waals surface area contributed by atoms with Gasteiger partial charge in [0.05, 0.1) is 26.9 Å². The lowest BCUT2D eigenvalue weighted by Crippen LogP contribution is -2.06. The second-order valence-corrected chi connectivity index (χ2v) is 6.94. The van der Waals surface area contributed by atoms with Crippen LogP contribution in [0.15, 0.2) is 48.5 Å². The fourth-order valence-electron chi connectivity index (χ4n) is 2.62. The molecule has 0 aliphatic carbocycles. The SMILES string of the molecule is Cc1sc(CCNc2ccc([N+](=O)[O-])cc2C#N)nc1-c1ccccc1. The minimum Gasteiger partial charge on any atom is -0.384 e. The van der Waals surface area contributed by atoms with E-state index in [0.29, 0.717) is 18.7 Å². The summed E-state index contributed by atoms with van der Waals surface area (Å²) in [5, 5.41) is 24.2. The number of nitro benzene ring substituents is 1. The van der Waals surface area contributed by atoms with Crippen molar-refractivity contribution in [1.82, 2.24) is 4.98 Å². The molecule has 3 rings (SSSR count). The van der Waals surface area contributed by atoms with E-state index < -0.39 is 4.92 Å². The summed E-state index contributed by atoms with van der Waals surface area (Å²) < 4.78 is 0. The highest BCUT2D eigenvalue weighted by Gasteiger charge is 2.12. The highest BCUT2D eigenvalue weighted by molar-refractivity contribution is 7.12. The number of nitrogens with one attached hydrogen (secondary N) is 1. The van der Waals surface area contributed by atoms with Crippen LogP contribution in [0.5, 0.6) is 0 Å². The maximum Gasteiger partial charge on any atom is 0.270 e. The van der Waals surface area contributed by atoms with Crippen LogP contribution in [0.2, 0.25) is 0 Å². The minimum absolute atomic E-state index is 0.0878. The Balaban J connectivity index is 1.68. The molecule has 0 fully saturated rings. The number of rotatable bonds is 6. The van der Waals surface area contributed by atoms with Gasteiger partial charge in [0.15, 0.2) is 0 Å². The first-order valence-corrected chi connectivity index (χ1v) is 8.84. The lowest BCUT2D eigenvalue weighted by Gasteiger charge is -2.06. The van der Waals surface area contributed by atoms with Crippen molar-refractivity contribution in [2.24, 2.45) is 0 Å². The van der Waals surface area contributed by atoms with Crippen molar-refractivity contribution in [1.29, 1.82) is 5.26 Å². The summed E-state index contributed by atoms with van der Waals surface area (Å²) >= 11 is 1.66. The van der Waals surface area contributed by atoms with Gasteiger partial charge in [0.1, 0.15) is 6.07 Å². The van der Waals surface area contributed by atoms with Crippen LogP contribution in [-0.2, 0) is 6.42 Å². The van der Waals surface area contributed by atoms with Crippen LogP contribution in [0.4, 0.5) is 11.4 Å². The smallest absolute Gasteiger partial charge is 0.270 e. The molecule has 2 aromatic carbocycles. The molecule has 0 aliphatic rings. The molecule has 0 bridgehead atoms. The molecule has 1 aromatic heterocycles. The molecule has 0 aliphatic heterocycles. The van der Waals surface area contributed by atoms with Gasteiger partial charge in [-0.1, -0.05) is 30.3 Å². The quantitative estimate of drug-likeness (QED) is 0.511. The normalized spacial score (nSPS) is 10.3. The lowest BCUT2D eigenvalue weighted by molar-refractivity contribution is -0.384. The molecule has 1 heterocycles. The van der Waals surface area contributed by atoms with Crippen molar-refractivity contribution in [2.45, 2.75) is 13.3 Å². The Labute approximate surface area is 154 Å². The summed E-state index contributed by atoms with van der Waals surface area (Å²) in [7, 11) is 0. The van der Waals surface area contributed by atoms with Gasteiger partial charge in [0.25, 0.3) is 5.69 Å². The largest absolute Gasteiger partial charge is 0.384 e. The molecule has 1 N–H and O–H groups in total. The fourth-order valence-corrected chi connectivity index (χ4v) is 3.57. The molecule has 0 unspecified atom stereocenters. The number of benzene rings is 2. The number of non-ortho nitro benzene ring substituents is 1. The molecule has 0 saturated heterocycles. The lowest BCUT2D eigenvalue weighted by atomic mass is 10.1. The number of thiazole rings is 1. The molecule has 0 radical (unpaired) electrons. The van der Waals surface area contributed by atoms with Gasteiger partial charge in [-0.25, -0.2) is 4.98 Å². The molecule has 0 spiro atoms. The number of hydrogen-bond acceptors (Lipinski definition) is 6. The van der Waals surface area contributed by atoms with E-state index in [-0.39, 0.29) is 11.3 Å². The van der Waals surface area contributed by atoms with Crippen LogP contribution in [0.3, 0.4) is 0 Å². The van der Waals surface area contributed by atoms with Crippen molar-refractivity contribution >= 4 is 22.7 Å². The number of nitrogens with zero attached hydrogens (tertiary/aromatic N) is 3. The Bertz CT molecular complexity index is 977. The monoisotopic (exact) mass is 364 g/mol. The predicted molar refractivity (Wildman–Crippen MR) is 102 cm³/mol. The third-order valence-corrected chi connectivity index (χ3v) is 4.91. The number of aryl methyl sites for hydroxylation is 1. The topological polar surface area (TPSA) is 91.9 Å². The van der Waals surface area contributed by atoms with Crippen LogP contribution in [-0.4, -0.2) is 16.5 Å². The Kier molecular flexibility index (Phi) is 5.25. The number of aromatic nitrogens is 1. The van der Waals surface area contributed by atoms with Crippen molar-refractivity contribution in [3.05, 3.63) is 74.1 Å². The first-order valence-electron chi connectivity index (χ1n) is 8.02. The zero-order chi connectivity index (χ0) is 18.5. The van der Waals surface area contributed by atoms with Crippen LogP contribution in [0.1, 0.15) is 15.4 Å². The van der Waals surface area contributed by atoms with E-state index in [1.165, 1.54) is 17.0 Å². The molecule has 0 atom stereocenters. The van der Waals surface area contributed by atoms with E-state index in [1.54, 1.807) is 17.4 Å². The van der Waals surface area contributed by atoms with E-state index in [4.69, 9.17) is 4.98 Å². The zero-order valence-electron chi connectivity index (χ0n) is 14.1. The summed E-state index contributed by atoms with van der Waals surface area (Å²) in [4.78, 5) is 16.2. The van der Waals surface area contributed by atoms with Crippen molar-refractivity contribution in [3.63, 3.8) is 0 Å². The van der Waals surface area contributed by atoms with Crippen LogP contribution in [0, 0.1) is 28.4 Å². The highest BCUT2D eigenvalue weighted by Crippen LogP contribution is 2.28. The maximum absolute atomic E-state index is 10.8. The Morgan fingerprint density at radius 2 is 2.04 bits per heavy atom. The van der Waals surface area contributed by atoms with Gasteiger partial charge in [-0.2, -0.15) is 5.26 Å². The molecule has 6 nitrogen and oxygen atoms in total. The molecule has 7 heteroatoms. The summed E-state index contributed by atoms with van der Waals surface area (Å²) in [5.41, 5.74) is 2.87. The number of nitriles is 1. The first-order chi connectivity index (χ1) is 12.6. The van der Waals surface area contributed by atoms with Gasteiger partial charge in [-0.15, -0.1) is 11.3 Å². The van der Waals surface area contributed by atoms with Gasteiger partial charge in [-0.3, -0.25) is 10.1 Å². The van der Waals surface area contributed by atoms with Crippen LogP contribution < -0.4 is 5.32 Å². The molecular formula is C19H16N4O2S. The van der Waals surface area contributed by atoms with Gasteiger partial charge >= 0.3 is 0 Å². The molecule has 130 valence electrons. The molecule has 0 amide bonds. The summed E-state index contributed by atoms with van der Waals surface area (Å²) in [6.45, 7) is 2.65. The summed E-state index contributed by atoms with van der Waals surface area (Å²) in [6, 6.07) is 16.3. The zero-order valence-corrected chi connectivity index (χ0v) is 14.9. The average Bonchev–Trinajstić information content (AvgIpc) is 3.03. The third kappa shape index (κ3) is 3.87. The van der Waals surface area contributed by atoms with Gasteiger partial charge in [0.2, 0.25) is 0 Å². The third-order valence-electron chi connectivity index (χ3n) is 3.88. The maximum atomic E-state index is 10.8. The summed E-state index contributed by atoms with van der Waals surface area (Å²) in [6.07, 6.45) is 0.709. The second kappa shape index (κ2) is 7.76. The van der Waals surface area contributed by atoms with E-state index in [9.17, 15) is 15.4 Å². The standard InChI is InChI=1S/C19H16N4O2S/c1-13-19(14-5-3-2-4-6-14)22-18(26-13)9-10-21-17-8-7-16(23(24)25)11-15(17)12-20/h2-8,11,21H,9-10H2,1H3.